The lowest BCUT2D eigenvalue weighted by Crippen LogP contribution is -2.13. The molecule has 0 spiro atoms. The molecule has 0 fully saturated rings. The second-order valence-corrected chi connectivity index (χ2v) is 4.99. The minimum absolute atomic E-state index is 0.130. The van der Waals surface area contributed by atoms with Gasteiger partial charge in [-0.25, -0.2) is 4.79 Å². The summed E-state index contributed by atoms with van der Waals surface area (Å²) in [6.45, 7) is 4.61. The molecule has 0 unspecified atom stereocenters. The van der Waals surface area contributed by atoms with E-state index in [0.717, 1.165) is 11.3 Å². The van der Waals surface area contributed by atoms with Crippen LogP contribution in [-0.2, 0) is 9.47 Å². The molecular weight excluding hydrogens is 280 g/mol. The smallest absolute Gasteiger partial charge is 0.338 e. The van der Waals surface area contributed by atoms with Gasteiger partial charge in [0.15, 0.2) is 6.79 Å². The van der Waals surface area contributed by atoms with Gasteiger partial charge >= 0.3 is 5.97 Å². The van der Waals surface area contributed by atoms with Gasteiger partial charge in [0.1, 0.15) is 12.4 Å². The standard InChI is InChI=1S/C18H20O4/c1-14-3-7-16(8-4-14)18(19)21-12-11-20-13-22-17-9-5-15(2)6-10-17/h3-10H,11-13H2,1-2H3. The molecule has 0 N–H and O–H groups in total. The Kier molecular flexibility index (Phi) is 5.98. The van der Waals surface area contributed by atoms with Crippen molar-refractivity contribution in [3.63, 3.8) is 0 Å². The van der Waals surface area contributed by atoms with E-state index in [-0.39, 0.29) is 19.4 Å². The topological polar surface area (TPSA) is 44.8 Å². The molecule has 2 rings (SSSR count). The van der Waals surface area contributed by atoms with E-state index in [1.807, 2.05) is 50.2 Å². The second kappa shape index (κ2) is 8.20. The number of ether oxygens (including phenoxy) is 3. The van der Waals surface area contributed by atoms with E-state index in [1.165, 1.54) is 5.56 Å². The van der Waals surface area contributed by atoms with Gasteiger partial charge in [0.05, 0.1) is 12.2 Å². The molecule has 4 nitrogen and oxygen atoms in total. The van der Waals surface area contributed by atoms with Gasteiger partial charge in [0, 0.05) is 0 Å². The predicted octanol–water partition coefficient (Wildman–Crippen LogP) is 3.51. The van der Waals surface area contributed by atoms with Crippen molar-refractivity contribution in [2.45, 2.75) is 13.8 Å². The van der Waals surface area contributed by atoms with Crippen LogP contribution in [0.1, 0.15) is 21.5 Å². The third-order valence-electron chi connectivity index (χ3n) is 3.08. The first-order valence-corrected chi connectivity index (χ1v) is 7.16. The van der Waals surface area contributed by atoms with Crippen LogP contribution in [0.2, 0.25) is 0 Å². The van der Waals surface area contributed by atoms with Crippen LogP contribution in [0.15, 0.2) is 48.5 Å². The number of rotatable bonds is 7. The van der Waals surface area contributed by atoms with Gasteiger partial charge in [-0.2, -0.15) is 0 Å². The average molecular weight is 300 g/mol. The van der Waals surface area contributed by atoms with Crippen LogP contribution in [0.25, 0.3) is 0 Å². The van der Waals surface area contributed by atoms with Gasteiger partial charge < -0.3 is 14.2 Å². The van der Waals surface area contributed by atoms with E-state index in [2.05, 4.69) is 0 Å². The Balaban J connectivity index is 1.60. The van der Waals surface area contributed by atoms with Crippen molar-refractivity contribution < 1.29 is 19.0 Å². The summed E-state index contributed by atoms with van der Waals surface area (Å²) in [5, 5.41) is 0. The van der Waals surface area contributed by atoms with Gasteiger partial charge in [-0.1, -0.05) is 35.4 Å². The van der Waals surface area contributed by atoms with Crippen molar-refractivity contribution in [3.8, 4) is 5.75 Å². The average Bonchev–Trinajstić information content (AvgIpc) is 2.53. The molecule has 0 aliphatic carbocycles. The molecule has 0 amide bonds. The normalized spacial score (nSPS) is 10.3. The Bertz CT molecular complexity index is 587. The van der Waals surface area contributed by atoms with Crippen molar-refractivity contribution in [1.82, 2.24) is 0 Å². The molecule has 116 valence electrons. The molecule has 0 aliphatic heterocycles. The van der Waals surface area contributed by atoms with Crippen LogP contribution < -0.4 is 4.74 Å². The number of aryl methyl sites for hydroxylation is 2. The minimum atomic E-state index is -0.344. The molecule has 0 saturated carbocycles. The molecule has 0 aliphatic rings. The fourth-order valence-electron chi connectivity index (χ4n) is 1.77. The quantitative estimate of drug-likeness (QED) is 0.446. The highest BCUT2D eigenvalue weighted by molar-refractivity contribution is 5.89. The highest BCUT2D eigenvalue weighted by atomic mass is 16.7. The maximum atomic E-state index is 11.7. The third-order valence-corrected chi connectivity index (χ3v) is 3.08. The lowest BCUT2D eigenvalue weighted by molar-refractivity contribution is -0.0116. The SMILES string of the molecule is Cc1ccc(OCOCCOC(=O)c2ccc(C)cc2)cc1. The third kappa shape index (κ3) is 5.22. The van der Waals surface area contributed by atoms with Gasteiger partial charge in [-0.15, -0.1) is 0 Å². The number of hydrogen-bond donors (Lipinski definition) is 0. The zero-order valence-corrected chi connectivity index (χ0v) is 12.9. The van der Waals surface area contributed by atoms with E-state index >= 15 is 0 Å². The second-order valence-electron chi connectivity index (χ2n) is 4.99. The maximum absolute atomic E-state index is 11.7. The van der Waals surface area contributed by atoms with E-state index < -0.39 is 0 Å². The number of carbonyl (C=O) groups is 1. The molecule has 2 aromatic carbocycles. The Labute approximate surface area is 130 Å². The lowest BCUT2D eigenvalue weighted by atomic mass is 10.1. The van der Waals surface area contributed by atoms with Crippen LogP contribution in [0, 0.1) is 13.8 Å². The molecule has 0 radical (unpaired) electrons. The van der Waals surface area contributed by atoms with Crippen LogP contribution in [0.4, 0.5) is 0 Å². The Hall–Kier alpha value is -2.33. The largest absolute Gasteiger partial charge is 0.468 e. The lowest BCUT2D eigenvalue weighted by Gasteiger charge is -2.08. The first-order valence-electron chi connectivity index (χ1n) is 7.16. The van der Waals surface area contributed by atoms with E-state index in [1.54, 1.807) is 12.1 Å². The van der Waals surface area contributed by atoms with Crippen LogP contribution in [0.3, 0.4) is 0 Å². The van der Waals surface area contributed by atoms with Gasteiger partial charge in [-0.05, 0) is 38.1 Å². The summed E-state index contributed by atoms with van der Waals surface area (Å²) in [7, 11) is 0. The monoisotopic (exact) mass is 300 g/mol. The first kappa shape index (κ1) is 16.0. The molecular formula is C18H20O4. The minimum Gasteiger partial charge on any atom is -0.468 e. The zero-order valence-electron chi connectivity index (χ0n) is 12.9. The maximum Gasteiger partial charge on any atom is 0.338 e. The molecule has 4 heteroatoms. The number of carbonyl (C=O) groups excluding carboxylic acids is 1. The summed E-state index contributed by atoms with van der Waals surface area (Å²) in [5.74, 6) is 0.408. The fourth-order valence-corrected chi connectivity index (χ4v) is 1.77. The first-order chi connectivity index (χ1) is 10.6. The predicted molar refractivity (Wildman–Crippen MR) is 84.1 cm³/mol. The Morgan fingerprint density at radius 2 is 1.45 bits per heavy atom. The molecule has 0 heterocycles. The van der Waals surface area contributed by atoms with E-state index in [0.29, 0.717) is 12.2 Å². The number of esters is 1. The van der Waals surface area contributed by atoms with Gasteiger partial charge in [0.25, 0.3) is 0 Å². The van der Waals surface area contributed by atoms with Crippen LogP contribution >= 0.6 is 0 Å². The van der Waals surface area contributed by atoms with Crippen molar-refractivity contribution in [1.29, 1.82) is 0 Å². The summed E-state index contributed by atoms with van der Waals surface area (Å²) in [6.07, 6.45) is 0. The van der Waals surface area contributed by atoms with Crippen molar-refractivity contribution in [3.05, 3.63) is 65.2 Å². The van der Waals surface area contributed by atoms with E-state index in [4.69, 9.17) is 14.2 Å². The van der Waals surface area contributed by atoms with Crippen molar-refractivity contribution in [2.75, 3.05) is 20.0 Å². The summed E-state index contributed by atoms with van der Waals surface area (Å²) in [4.78, 5) is 11.7. The van der Waals surface area contributed by atoms with Crippen LogP contribution in [0.5, 0.6) is 5.75 Å². The molecule has 22 heavy (non-hydrogen) atoms. The molecule has 0 atom stereocenters. The van der Waals surface area contributed by atoms with Crippen molar-refractivity contribution >= 4 is 5.97 Å². The fraction of sp³-hybridized carbons (Fsp3) is 0.278. The van der Waals surface area contributed by atoms with Crippen LogP contribution in [-0.4, -0.2) is 26.0 Å². The summed E-state index contributed by atoms with van der Waals surface area (Å²) in [5.41, 5.74) is 2.82. The summed E-state index contributed by atoms with van der Waals surface area (Å²) in [6, 6.07) is 15.0. The Morgan fingerprint density at radius 3 is 2.09 bits per heavy atom. The molecule has 0 bridgehead atoms. The van der Waals surface area contributed by atoms with Gasteiger partial charge in [-0.3, -0.25) is 0 Å². The van der Waals surface area contributed by atoms with Gasteiger partial charge in [0.2, 0.25) is 0 Å². The highest BCUT2D eigenvalue weighted by Gasteiger charge is 2.05. The summed E-state index contributed by atoms with van der Waals surface area (Å²) < 4.78 is 15.8. The summed E-state index contributed by atoms with van der Waals surface area (Å²) >= 11 is 0. The number of benzene rings is 2. The highest BCUT2D eigenvalue weighted by Crippen LogP contribution is 2.11. The number of hydrogen-bond acceptors (Lipinski definition) is 4. The molecule has 0 saturated heterocycles. The zero-order chi connectivity index (χ0) is 15.8. The Morgan fingerprint density at radius 1 is 0.864 bits per heavy atom. The van der Waals surface area contributed by atoms with Crippen molar-refractivity contribution in [2.24, 2.45) is 0 Å². The molecule has 0 aromatic heterocycles. The molecule has 2 aromatic rings. The van der Waals surface area contributed by atoms with E-state index in [9.17, 15) is 4.79 Å².